The quantitative estimate of drug-likeness (QED) is 0.663. The average Bonchev–Trinajstić information content (AvgIpc) is 3.49. The van der Waals surface area contributed by atoms with E-state index in [1.54, 1.807) is 30.3 Å². The molecule has 7 nitrogen and oxygen atoms in total. The van der Waals surface area contributed by atoms with Crippen molar-refractivity contribution in [3.05, 3.63) is 41.5 Å². The Balaban J connectivity index is 1.34. The largest absolute Gasteiger partial charge is 0.349 e. The van der Waals surface area contributed by atoms with Crippen molar-refractivity contribution >= 4 is 27.7 Å². The fourth-order valence-electron chi connectivity index (χ4n) is 4.22. The van der Waals surface area contributed by atoms with Crippen molar-refractivity contribution < 1.29 is 18.0 Å². The Bertz CT molecular complexity index is 916. The molecule has 0 aromatic heterocycles. The van der Waals surface area contributed by atoms with Crippen LogP contribution in [-0.4, -0.2) is 67.9 Å². The number of benzene rings is 1. The number of amides is 2. The number of nitrogens with one attached hydrogen (secondary N) is 2. The molecule has 3 aliphatic rings. The minimum absolute atomic E-state index is 0.00144. The molecule has 2 aliphatic heterocycles. The topological polar surface area (TPSA) is 95.6 Å². The van der Waals surface area contributed by atoms with Crippen LogP contribution >= 0.6 is 0 Å². The Hall–Kier alpha value is -2.19. The fourth-order valence-corrected chi connectivity index (χ4v) is 6.17. The molecular formula is C22H29N3O4S. The normalized spacial score (nSPS) is 26.5. The SMILES string of the molecule is O=C(/C=C\c1ccc(C(=O)NC2CC2)cc1)N[C@@H]1CS(=O)(=O)C[C@@H]1N1CCCCC1. The van der Waals surface area contributed by atoms with Crippen molar-refractivity contribution in [2.75, 3.05) is 24.6 Å². The van der Waals surface area contributed by atoms with Crippen LogP contribution in [0.25, 0.3) is 6.08 Å². The summed E-state index contributed by atoms with van der Waals surface area (Å²) in [6, 6.07) is 6.87. The Kier molecular flexibility index (Phi) is 6.24. The number of carbonyl (C=O) groups excluding carboxylic acids is 2. The molecule has 2 amide bonds. The second-order valence-corrected chi connectivity index (χ2v) is 10.7. The standard InChI is InChI=1S/C22H29N3O4S/c26-21(11-6-16-4-7-17(8-5-16)22(27)23-18-9-10-18)24-19-14-30(28,29)15-20(19)25-12-2-1-3-13-25/h4-8,11,18-20H,1-3,9-10,12-15H2,(H,23,27)(H,24,26)/b11-6-/t19-,20+/m1/s1. The first-order valence-corrected chi connectivity index (χ1v) is 12.6. The van der Waals surface area contributed by atoms with Crippen LogP contribution in [0.3, 0.4) is 0 Å². The first kappa shape index (κ1) is 21.1. The highest BCUT2D eigenvalue weighted by atomic mass is 32.2. The summed E-state index contributed by atoms with van der Waals surface area (Å²) in [6.07, 6.45) is 8.52. The van der Waals surface area contributed by atoms with Gasteiger partial charge < -0.3 is 10.6 Å². The molecule has 30 heavy (non-hydrogen) atoms. The first-order chi connectivity index (χ1) is 14.4. The van der Waals surface area contributed by atoms with E-state index in [0.29, 0.717) is 11.6 Å². The molecule has 2 atom stereocenters. The summed E-state index contributed by atoms with van der Waals surface area (Å²) in [5, 5.41) is 5.84. The summed E-state index contributed by atoms with van der Waals surface area (Å²) in [5.74, 6) is -0.253. The lowest BCUT2D eigenvalue weighted by Gasteiger charge is -2.34. The Morgan fingerprint density at radius 2 is 1.67 bits per heavy atom. The zero-order valence-electron chi connectivity index (χ0n) is 17.0. The Morgan fingerprint density at radius 3 is 2.33 bits per heavy atom. The van der Waals surface area contributed by atoms with E-state index in [9.17, 15) is 18.0 Å². The summed E-state index contributed by atoms with van der Waals surface area (Å²) in [7, 11) is -3.14. The molecular weight excluding hydrogens is 402 g/mol. The van der Waals surface area contributed by atoms with Crippen LogP contribution in [-0.2, 0) is 14.6 Å². The number of piperidine rings is 1. The van der Waals surface area contributed by atoms with E-state index in [-0.39, 0.29) is 35.4 Å². The highest BCUT2D eigenvalue weighted by Gasteiger charge is 2.41. The third-order valence-electron chi connectivity index (χ3n) is 6.02. The maximum atomic E-state index is 12.4. The minimum Gasteiger partial charge on any atom is -0.349 e. The molecule has 0 radical (unpaired) electrons. The van der Waals surface area contributed by atoms with Gasteiger partial charge >= 0.3 is 0 Å². The van der Waals surface area contributed by atoms with Gasteiger partial charge in [0.1, 0.15) is 0 Å². The lowest BCUT2D eigenvalue weighted by Crippen LogP contribution is -2.52. The number of carbonyl (C=O) groups is 2. The molecule has 1 aromatic rings. The summed E-state index contributed by atoms with van der Waals surface area (Å²) >= 11 is 0. The zero-order valence-corrected chi connectivity index (χ0v) is 17.9. The fraction of sp³-hybridized carbons (Fsp3) is 0.545. The number of likely N-dealkylation sites (tertiary alicyclic amines) is 1. The lowest BCUT2D eigenvalue weighted by atomic mass is 10.0. The maximum absolute atomic E-state index is 12.4. The molecule has 8 heteroatoms. The zero-order chi connectivity index (χ0) is 21.1. The van der Waals surface area contributed by atoms with Crippen molar-refractivity contribution in [3.8, 4) is 0 Å². The molecule has 2 heterocycles. The molecule has 0 bridgehead atoms. The van der Waals surface area contributed by atoms with Crippen molar-refractivity contribution in [1.29, 1.82) is 0 Å². The Labute approximate surface area is 177 Å². The van der Waals surface area contributed by atoms with Crippen molar-refractivity contribution in [3.63, 3.8) is 0 Å². The van der Waals surface area contributed by atoms with Crippen molar-refractivity contribution in [2.24, 2.45) is 0 Å². The molecule has 2 N–H and O–H groups in total. The Morgan fingerprint density at radius 1 is 0.967 bits per heavy atom. The number of hydrogen-bond donors (Lipinski definition) is 2. The van der Waals surface area contributed by atoms with Crippen LogP contribution in [0, 0.1) is 0 Å². The number of rotatable bonds is 6. The van der Waals surface area contributed by atoms with Crippen LogP contribution in [0.1, 0.15) is 48.0 Å². The third-order valence-corrected chi connectivity index (χ3v) is 7.74. The summed E-state index contributed by atoms with van der Waals surface area (Å²) < 4.78 is 24.4. The smallest absolute Gasteiger partial charge is 0.251 e. The van der Waals surface area contributed by atoms with Crippen molar-refractivity contribution in [2.45, 2.75) is 50.2 Å². The molecule has 0 spiro atoms. The van der Waals surface area contributed by atoms with Gasteiger partial charge in [-0.2, -0.15) is 0 Å². The van der Waals surface area contributed by atoms with Crippen LogP contribution in [0.2, 0.25) is 0 Å². The van der Waals surface area contributed by atoms with E-state index < -0.39 is 9.84 Å². The molecule has 162 valence electrons. The average molecular weight is 432 g/mol. The molecule has 1 saturated carbocycles. The summed E-state index contributed by atoms with van der Waals surface area (Å²) in [4.78, 5) is 26.7. The van der Waals surface area contributed by atoms with Crippen LogP contribution in [0.5, 0.6) is 0 Å². The van der Waals surface area contributed by atoms with E-state index in [0.717, 1.165) is 44.3 Å². The van der Waals surface area contributed by atoms with Crippen LogP contribution in [0.15, 0.2) is 30.3 Å². The van der Waals surface area contributed by atoms with E-state index in [2.05, 4.69) is 15.5 Å². The van der Waals surface area contributed by atoms with Crippen molar-refractivity contribution in [1.82, 2.24) is 15.5 Å². The van der Waals surface area contributed by atoms with Crippen LogP contribution in [0.4, 0.5) is 0 Å². The van der Waals surface area contributed by atoms with E-state index in [1.807, 2.05) is 0 Å². The summed E-state index contributed by atoms with van der Waals surface area (Å²) in [6.45, 7) is 1.78. The maximum Gasteiger partial charge on any atom is 0.251 e. The van der Waals surface area contributed by atoms with E-state index in [4.69, 9.17) is 0 Å². The van der Waals surface area contributed by atoms with Gasteiger partial charge in [-0.1, -0.05) is 18.6 Å². The molecule has 4 rings (SSSR count). The second-order valence-electron chi connectivity index (χ2n) is 8.56. The molecule has 3 fully saturated rings. The molecule has 1 aromatic carbocycles. The predicted molar refractivity (Wildman–Crippen MR) is 116 cm³/mol. The van der Waals surface area contributed by atoms with Gasteiger partial charge in [0.05, 0.1) is 17.5 Å². The number of hydrogen-bond acceptors (Lipinski definition) is 5. The van der Waals surface area contributed by atoms with Gasteiger partial charge in [-0.25, -0.2) is 8.42 Å². The van der Waals surface area contributed by atoms with Gasteiger partial charge in [0, 0.05) is 23.7 Å². The lowest BCUT2D eigenvalue weighted by molar-refractivity contribution is -0.117. The van der Waals surface area contributed by atoms with Crippen LogP contribution < -0.4 is 10.6 Å². The van der Waals surface area contributed by atoms with Gasteiger partial charge in [-0.15, -0.1) is 0 Å². The number of sulfone groups is 1. The van der Waals surface area contributed by atoms with Gasteiger partial charge in [0.2, 0.25) is 5.91 Å². The molecule has 0 unspecified atom stereocenters. The van der Waals surface area contributed by atoms with Gasteiger partial charge in [-0.3, -0.25) is 14.5 Å². The van der Waals surface area contributed by atoms with Gasteiger partial charge in [0.15, 0.2) is 9.84 Å². The minimum atomic E-state index is -3.14. The number of nitrogens with zero attached hydrogens (tertiary/aromatic N) is 1. The first-order valence-electron chi connectivity index (χ1n) is 10.7. The third kappa shape index (κ3) is 5.49. The highest BCUT2D eigenvalue weighted by Crippen LogP contribution is 2.22. The van der Waals surface area contributed by atoms with E-state index >= 15 is 0 Å². The second kappa shape index (κ2) is 8.89. The van der Waals surface area contributed by atoms with Gasteiger partial charge in [-0.05, 0) is 62.5 Å². The monoisotopic (exact) mass is 431 g/mol. The molecule has 1 aliphatic carbocycles. The van der Waals surface area contributed by atoms with Gasteiger partial charge in [0.25, 0.3) is 5.91 Å². The predicted octanol–water partition coefficient (Wildman–Crippen LogP) is 1.36. The van der Waals surface area contributed by atoms with E-state index in [1.165, 1.54) is 12.5 Å². The summed E-state index contributed by atoms with van der Waals surface area (Å²) in [5.41, 5.74) is 1.41. The molecule has 2 saturated heterocycles. The highest BCUT2D eigenvalue weighted by molar-refractivity contribution is 7.91.